The molecule has 1 aromatic rings. The highest BCUT2D eigenvalue weighted by Gasteiger charge is 2.38. The van der Waals surface area contributed by atoms with Crippen molar-refractivity contribution >= 4 is 0 Å². The average Bonchev–Trinajstić information content (AvgIpc) is 2.25. The Morgan fingerprint density at radius 3 is 2.44 bits per heavy atom. The van der Waals surface area contributed by atoms with Crippen LogP contribution in [-0.4, -0.2) is 24.0 Å². The molecule has 3 N–H and O–H groups in total. The van der Waals surface area contributed by atoms with Crippen molar-refractivity contribution in [1.82, 2.24) is 0 Å². The Bertz CT molecular complexity index is 407. The van der Waals surface area contributed by atoms with Crippen molar-refractivity contribution in [2.45, 2.75) is 25.2 Å². The highest BCUT2D eigenvalue weighted by Crippen LogP contribution is 2.24. The van der Waals surface area contributed by atoms with Gasteiger partial charge in [-0.2, -0.15) is 13.2 Å². The first-order valence-corrected chi connectivity index (χ1v) is 5.14. The Hall–Kier alpha value is -1.34. The second-order valence-electron chi connectivity index (χ2n) is 3.85. The second kappa shape index (κ2) is 5.53. The molecule has 0 aliphatic heterocycles. The monoisotopic (exact) mass is 267 g/mol. The van der Waals surface area contributed by atoms with Crippen LogP contribution in [-0.2, 0) is 0 Å². The Morgan fingerprint density at radius 2 is 2.00 bits per heavy atom. The van der Waals surface area contributed by atoms with E-state index in [1.165, 1.54) is 12.1 Å². The molecule has 7 heteroatoms. The molecule has 1 unspecified atom stereocenters. The number of halogens is 4. The van der Waals surface area contributed by atoms with E-state index in [0.29, 0.717) is 5.56 Å². The number of benzene rings is 1. The maximum atomic E-state index is 13.4. The summed E-state index contributed by atoms with van der Waals surface area (Å²) in [5, 5.41) is 8.69. The van der Waals surface area contributed by atoms with Crippen LogP contribution in [0.2, 0.25) is 0 Å². The summed E-state index contributed by atoms with van der Waals surface area (Å²) in [5.41, 5.74) is 6.01. The van der Waals surface area contributed by atoms with Gasteiger partial charge in [-0.05, 0) is 24.6 Å². The Balaban J connectivity index is 2.69. The first-order chi connectivity index (χ1) is 8.21. The molecule has 2 atom stereocenters. The van der Waals surface area contributed by atoms with Crippen molar-refractivity contribution in [1.29, 1.82) is 0 Å². The molecule has 0 saturated carbocycles. The highest BCUT2D eigenvalue weighted by molar-refractivity contribution is 5.30. The first kappa shape index (κ1) is 14.7. The van der Waals surface area contributed by atoms with Crippen LogP contribution in [0.4, 0.5) is 17.6 Å². The summed E-state index contributed by atoms with van der Waals surface area (Å²) < 4.78 is 53.9. The average molecular weight is 267 g/mol. The van der Waals surface area contributed by atoms with E-state index in [1.54, 1.807) is 6.92 Å². The van der Waals surface area contributed by atoms with Gasteiger partial charge in [0.1, 0.15) is 6.61 Å². The molecule has 0 heterocycles. The molecule has 18 heavy (non-hydrogen) atoms. The van der Waals surface area contributed by atoms with Crippen LogP contribution in [0.25, 0.3) is 0 Å². The lowest BCUT2D eigenvalue weighted by Crippen LogP contribution is -2.34. The van der Waals surface area contributed by atoms with Crippen molar-refractivity contribution in [3.05, 3.63) is 29.6 Å². The van der Waals surface area contributed by atoms with Gasteiger partial charge in [-0.1, -0.05) is 6.07 Å². The van der Waals surface area contributed by atoms with E-state index in [9.17, 15) is 17.6 Å². The minimum Gasteiger partial charge on any atom is -0.487 e. The Kier molecular flexibility index (Phi) is 4.53. The van der Waals surface area contributed by atoms with Crippen LogP contribution in [0.3, 0.4) is 0 Å². The van der Waals surface area contributed by atoms with Gasteiger partial charge < -0.3 is 15.6 Å². The van der Waals surface area contributed by atoms with Gasteiger partial charge in [0.05, 0.1) is 0 Å². The van der Waals surface area contributed by atoms with Gasteiger partial charge in [0.25, 0.3) is 0 Å². The van der Waals surface area contributed by atoms with Crippen LogP contribution >= 0.6 is 0 Å². The number of hydrogen-bond acceptors (Lipinski definition) is 3. The highest BCUT2D eigenvalue weighted by atomic mass is 19.4. The lowest BCUT2D eigenvalue weighted by atomic mass is 10.1. The minimum absolute atomic E-state index is 0.359. The first-order valence-electron chi connectivity index (χ1n) is 5.14. The van der Waals surface area contributed by atoms with Crippen molar-refractivity contribution in [3.63, 3.8) is 0 Å². The van der Waals surface area contributed by atoms with E-state index in [0.717, 1.165) is 6.07 Å². The molecule has 1 aromatic carbocycles. The van der Waals surface area contributed by atoms with E-state index >= 15 is 0 Å². The molecular formula is C11H13F4NO2. The molecule has 0 bridgehead atoms. The van der Waals surface area contributed by atoms with Gasteiger partial charge in [0.15, 0.2) is 17.7 Å². The Morgan fingerprint density at radius 1 is 1.39 bits per heavy atom. The third kappa shape index (κ3) is 3.85. The van der Waals surface area contributed by atoms with E-state index in [1.807, 2.05) is 0 Å². The fraction of sp³-hybridized carbons (Fsp3) is 0.455. The summed E-state index contributed by atoms with van der Waals surface area (Å²) in [7, 11) is 0. The third-order valence-corrected chi connectivity index (χ3v) is 2.26. The second-order valence-corrected chi connectivity index (χ2v) is 3.85. The molecule has 3 nitrogen and oxygen atoms in total. The summed E-state index contributed by atoms with van der Waals surface area (Å²) in [6, 6.07) is 3.31. The molecule has 0 aromatic heterocycles. The third-order valence-electron chi connectivity index (χ3n) is 2.26. The molecule has 0 amide bonds. The molecule has 0 radical (unpaired) electrons. The maximum absolute atomic E-state index is 13.4. The van der Waals surface area contributed by atoms with Crippen molar-refractivity contribution < 1.29 is 27.4 Å². The summed E-state index contributed by atoms with van der Waals surface area (Å²) in [6.45, 7) is 0.584. The fourth-order valence-corrected chi connectivity index (χ4v) is 1.18. The SMILES string of the molecule is C[C@H](N)c1ccc(OCC(O)C(F)(F)F)c(F)c1. The number of aliphatic hydroxyl groups excluding tert-OH is 1. The topological polar surface area (TPSA) is 55.5 Å². The molecule has 0 saturated heterocycles. The van der Waals surface area contributed by atoms with Crippen molar-refractivity contribution in [2.75, 3.05) is 6.61 Å². The van der Waals surface area contributed by atoms with Crippen LogP contribution in [0, 0.1) is 5.82 Å². The van der Waals surface area contributed by atoms with Crippen LogP contribution in [0.5, 0.6) is 5.75 Å². The predicted molar refractivity (Wildman–Crippen MR) is 56.6 cm³/mol. The number of alkyl halides is 3. The molecule has 0 spiro atoms. The van der Waals surface area contributed by atoms with Gasteiger partial charge in [0.2, 0.25) is 0 Å². The molecule has 1 rings (SSSR count). The van der Waals surface area contributed by atoms with E-state index in [2.05, 4.69) is 4.74 Å². The number of rotatable bonds is 4. The molecule has 102 valence electrons. The minimum atomic E-state index is -4.79. The summed E-state index contributed by atoms with van der Waals surface area (Å²) in [6.07, 6.45) is -7.44. The summed E-state index contributed by atoms with van der Waals surface area (Å²) >= 11 is 0. The van der Waals surface area contributed by atoms with Gasteiger partial charge in [-0.15, -0.1) is 0 Å². The van der Waals surface area contributed by atoms with E-state index in [4.69, 9.17) is 10.8 Å². The number of ether oxygens (including phenoxy) is 1. The predicted octanol–water partition coefficient (Wildman–Crippen LogP) is 2.15. The quantitative estimate of drug-likeness (QED) is 0.822. The fourth-order valence-electron chi connectivity index (χ4n) is 1.18. The maximum Gasteiger partial charge on any atom is 0.417 e. The molecule has 0 aliphatic rings. The van der Waals surface area contributed by atoms with Crippen molar-refractivity contribution in [3.8, 4) is 5.75 Å². The standard InChI is InChI=1S/C11H13F4NO2/c1-6(16)7-2-3-9(8(12)4-7)18-5-10(17)11(13,14)15/h2-4,6,10,17H,5,16H2,1H3/t6-,10?/m0/s1. The lowest BCUT2D eigenvalue weighted by Gasteiger charge is -2.16. The number of nitrogens with two attached hydrogens (primary N) is 1. The lowest BCUT2D eigenvalue weighted by molar-refractivity contribution is -0.210. The zero-order valence-electron chi connectivity index (χ0n) is 9.54. The summed E-state index contributed by atoms with van der Waals surface area (Å²) in [4.78, 5) is 0. The zero-order valence-corrected chi connectivity index (χ0v) is 9.54. The summed E-state index contributed by atoms with van der Waals surface area (Å²) in [5.74, 6) is -1.18. The molecule has 0 fully saturated rings. The van der Waals surface area contributed by atoms with Crippen LogP contribution in [0.15, 0.2) is 18.2 Å². The number of aliphatic hydroxyl groups is 1. The smallest absolute Gasteiger partial charge is 0.417 e. The van der Waals surface area contributed by atoms with Gasteiger partial charge in [-0.25, -0.2) is 4.39 Å². The number of hydrogen-bond donors (Lipinski definition) is 2. The van der Waals surface area contributed by atoms with Gasteiger partial charge in [0, 0.05) is 6.04 Å². The van der Waals surface area contributed by atoms with Gasteiger partial charge in [-0.3, -0.25) is 0 Å². The zero-order chi connectivity index (χ0) is 13.9. The molecule has 0 aliphatic carbocycles. The van der Waals surface area contributed by atoms with Crippen LogP contribution in [0.1, 0.15) is 18.5 Å². The van der Waals surface area contributed by atoms with Crippen LogP contribution < -0.4 is 10.5 Å². The molecular weight excluding hydrogens is 254 g/mol. The Labute approximate surface area is 101 Å². The van der Waals surface area contributed by atoms with E-state index < -0.39 is 30.7 Å². The van der Waals surface area contributed by atoms with E-state index in [-0.39, 0.29) is 5.75 Å². The normalized spacial score (nSPS) is 15.3. The largest absolute Gasteiger partial charge is 0.487 e. The van der Waals surface area contributed by atoms with Crippen molar-refractivity contribution in [2.24, 2.45) is 5.73 Å². The van der Waals surface area contributed by atoms with Gasteiger partial charge >= 0.3 is 6.18 Å².